The first kappa shape index (κ1) is 10.2. The summed E-state index contributed by atoms with van der Waals surface area (Å²) in [6, 6.07) is 5.31. The summed E-state index contributed by atoms with van der Waals surface area (Å²) in [6.07, 6.45) is 2.24. The minimum absolute atomic E-state index is 0.0345. The van der Waals surface area contributed by atoms with Crippen molar-refractivity contribution in [2.75, 3.05) is 6.61 Å². The van der Waals surface area contributed by atoms with Crippen LogP contribution in [0.5, 0.6) is 0 Å². The van der Waals surface area contributed by atoms with E-state index in [9.17, 15) is 4.79 Å². The van der Waals surface area contributed by atoms with Crippen LogP contribution in [0.3, 0.4) is 0 Å². The highest BCUT2D eigenvalue weighted by Gasteiger charge is 2.16. The molecule has 1 aliphatic rings. The molecular weight excluding hydrogens is 212 g/mol. The van der Waals surface area contributed by atoms with Crippen LogP contribution < -0.4 is 0 Å². The summed E-state index contributed by atoms with van der Waals surface area (Å²) in [5.41, 5.74) is 2.33. The molecule has 1 heterocycles. The van der Waals surface area contributed by atoms with E-state index in [0.717, 1.165) is 11.1 Å². The molecule has 0 radical (unpaired) electrons. The molecule has 2 nitrogen and oxygen atoms in total. The van der Waals surface area contributed by atoms with Gasteiger partial charge in [0, 0.05) is 22.6 Å². The van der Waals surface area contributed by atoms with Crippen molar-refractivity contribution in [1.29, 1.82) is 0 Å². The topological polar surface area (TPSA) is 26.3 Å². The summed E-state index contributed by atoms with van der Waals surface area (Å²) >= 11 is 5.89. The average molecular weight is 223 g/mol. The largest absolute Gasteiger partial charge is 0.500 e. The molecule has 3 heteroatoms. The minimum Gasteiger partial charge on any atom is -0.500 e. The van der Waals surface area contributed by atoms with Gasteiger partial charge in [-0.2, -0.15) is 0 Å². The van der Waals surface area contributed by atoms with Crippen LogP contribution in [0.25, 0.3) is 0 Å². The maximum atomic E-state index is 11.9. The van der Waals surface area contributed by atoms with Gasteiger partial charge in [-0.15, -0.1) is 0 Å². The van der Waals surface area contributed by atoms with Crippen LogP contribution >= 0.6 is 11.6 Å². The van der Waals surface area contributed by atoms with E-state index in [1.54, 1.807) is 18.4 Å². The van der Waals surface area contributed by atoms with Crippen LogP contribution in [0.15, 0.2) is 30.0 Å². The minimum atomic E-state index is 0.0345. The number of ether oxygens (including phenoxy) is 1. The van der Waals surface area contributed by atoms with E-state index in [4.69, 9.17) is 16.3 Å². The number of carbonyl (C=O) groups excluding carboxylic acids is 1. The first-order valence-corrected chi connectivity index (χ1v) is 5.18. The second-order valence-electron chi connectivity index (χ2n) is 3.56. The molecule has 0 unspecified atom stereocenters. The van der Waals surface area contributed by atoms with E-state index in [0.29, 0.717) is 23.6 Å². The number of hydrogen-bond donors (Lipinski definition) is 0. The van der Waals surface area contributed by atoms with Crippen molar-refractivity contribution < 1.29 is 9.53 Å². The van der Waals surface area contributed by atoms with Crippen LogP contribution in [0, 0.1) is 6.92 Å². The van der Waals surface area contributed by atoms with Gasteiger partial charge in [0.1, 0.15) is 0 Å². The van der Waals surface area contributed by atoms with Gasteiger partial charge in [-0.3, -0.25) is 4.79 Å². The Bertz CT molecular complexity index is 435. The van der Waals surface area contributed by atoms with Gasteiger partial charge in [0.05, 0.1) is 12.9 Å². The second-order valence-corrected chi connectivity index (χ2v) is 3.96. The summed E-state index contributed by atoms with van der Waals surface area (Å²) in [5.74, 6) is 0.0345. The molecule has 0 N–H and O–H groups in total. The Kier molecular flexibility index (Phi) is 2.78. The van der Waals surface area contributed by atoms with E-state index < -0.39 is 0 Å². The van der Waals surface area contributed by atoms with Gasteiger partial charge in [0.2, 0.25) is 0 Å². The fourth-order valence-electron chi connectivity index (χ4n) is 1.53. The molecule has 15 heavy (non-hydrogen) atoms. The fourth-order valence-corrected chi connectivity index (χ4v) is 1.64. The van der Waals surface area contributed by atoms with Crippen molar-refractivity contribution >= 4 is 17.4 Å². The number of hydrogen-bond acceptors (Lipinski definition) is 2. The molecule has 0 atom stereocenters. The normalized spacial score (nSPS) is 14.7. The molecule has 0 aromatic heterocycles. The summed E-state index contributed by atoms with van der Waals surface area (Å²) in [4.78, 5) is 11.9. The molecule has 1 aromatic rings. The zero-order valence-electron chi connectivity index (χ0n) is 8.42. The van der Waals surface area contributed by atoms with Crippen LogP contribution in [0.4, 0.5) is 0 Å². The number of benzene rings is 1. The molecular formula is C12H11ClO2. The SMILES string of the molecule is Cc1cc(C(=O)C2=COCC2)ccc1Cl. The van der Waals surface area contributed by atoms with Crippen LogP contribution in [-0.2, 0) is 4.74 Å². The maximum Gasteiger partial charge on any atom is 0.192 e. The highest BCUT2D eigenvalue weighted by atomic mass is 35.5. The highest BCUT2D eigenvalue weighted by molar-refractivity contribution is 6.31. The Hall–Kier alpha value is -1.28. The van der Waals surface area contributed by atoms with Gasteiger partial charge >= 0.3 is 0 Å². The monoisotopic (exact) mass is 222 g/mol. The zero-order chi connectivity index (χ0) is 10.8. The number of aryl methyl sites for hydroxylation is 1. The van der Waals surface area contributed by atoms with Gasteiger partial charge in [0.25, 0.3) is 0 Å². The van der Waals surface area contributed by atoms with E-state index >= 15 is 0 Å². The van der Waals surface area contributed by atoms with Gasteiger partial charge in [0.15, 0.2) is 5.78 Å². The van der Waals surface area contributed by atoms with Crippen LogP contribution in [0.2, 0.25) is 5.02 Å². The van der Waals surface area contributed by atoms with Gasteiger partial charge in [-0.25, -0.2) is 0 Å². The van der Waals surface area contributed by atoms with Crippen molar-refractivity contribution in [3.05, 3.63) is 46.2 Å². The predicted molar refractivity (Wildman–Crippen MR) is 59.2 cm³/mol. The van der Waals surface area contributed by atoms with Crippen LogP contribution in [-0.4, -0.2) is 12.4 Å². The molecule has 0 saturated heterocycles. The van der Waals surface area contributed by atoms with Crippen molar-refractivity contribution in [3.63, 3.8) is 0 Å². The Morgan fingerprint density at radius 3 is 2.87 bits per heavy atom. The third-order valence-corrected chi connectivity index (χ3v) is 2.85. The number of ketones is 1. The fraction of sp³-hybridized carbons (Fsp3) is 0.250. The predicted octanol–water partition coefficient (Wildman–Crippen LogP) is 3.14. The van der Waals surface area contributed by atoms with Gasteiger partial charge in [-0.05, 0) is 30.7 Å². The van der Waals surface area contributed by atoms with E-state index in [2.05, 4.69) is 0 Å². The molecule has 1 aromatic carbocycles. The lowest BCUT2D eigenvalue weighted by molar-refractivity contribution is 0.103. The highest BCUT2D eigenvalue weighted by Crippen LogP contribution is 2.21. The Labute approximate surface area is 93.5 Å². The molecule has 78 valence electrons. The molecule has 0 spiro atoms. The summed E-state index contributed by atoms with van der Waals surface area (Å²) in [7, 11) is 0. The van der Waals surface area contributed by atoms with E-state index in [-0.39, 0.29) is 5.78 Å². The van der Waals surface area contributed by atoms with Crippen molar-refractivity contribution in [2.24, 2.45) is 0 Å². The first-order chi connectivity index (χ1) is 7.18. The maximum absolute atomic E-state index is 11.9. The van der Waals surface area contributed by atoms with Crippen molar-refractivity contribution in [2.45, 2.75) is 13.3 Å². The molecule has 0 amide bonds. The Balaban J connectivity index is 2.29. The summed E-state index contributed by atoms with van der Waals surface area (Å²) in [5, 5.41) is 0.684. The van der Waals surface area contributed by atoms with Crippen molar-refractivity contribution in [3.8, 4) is 0 Å². The van der Waals surface area contributed by atoms with Crippen molar-refractivity contribution in [1.82, 2.24) is 0 Å². The molecule has 0 saturated carbocycles. The zero-order valence-corrected chi connectivity index (χ0v) is 9.17. The average Bonchev–Trinajstić information content (AvgIpc) is 2.74. The number of rotatable bonds is 2. The van der Waals surface area contributed by atoms with E-state index in [1.807, 2.05) is 13.0 Å². The third-order valence-electron chi connectivity index (χ3n) is 2.43. The first-order valence-electron chi connectivity index (χ1n) is 4.80. The number of Topliss-reactive ketones (excluding diaryl/α,β-unsaturated/α-hetero) is 1. The standard InChI is InChI=1S/C12H11ClO2/c1-8-6-9(2-3-11(8)13)12(14)10-4-5-15-7-10/h2-3,6-7H,4-5H2,1H3. The van der Waals surface area contributed by atoms with Crippen LogP contribution in [0.1, 0.15) is 22.3 Å². The number of carbonyl (C=O) groups is 1. The summed E-state index contributed by atoms with van der Waals surface area (Å²) < 4.78 is 5.04. The molecule has 0 bridgehead atoms. The molecule has 1 aliphatic heterocycles. The van der Waals surface area contributed by atoms with Gasteiger partial charge in [-0.1, -0.05) is 11.6 Å². The smallest absolute Gasteiger partial charge is 0.192 e. The third kappa shape index (κ3) is 2.05. The molecule has 0 aliphatic carbocycles. The lowest BCUT2D eigenvalue weighted by Gasteiger charge is -2.02. The van der Waals surface area contributed by atoms with E-state index in [1.165, 1.54) is 0 Å². The second kappa shape index (κ2) is 4.07. The van der Waals surface area contributed by atoms with Gasteiger partial charge < -0.3 is 4.74 Å². The molecule has 2 rings (SSSR count). The lowest BCUT2D eigenvalue weighted by Crippen LogP contribution is -2.02. The number of halogens is 1. The Morgan fingerprint density at radius 1 is 1.47 bits per heavy atom. The summed E-state index contributed by atoms with van der Waals surface area (Å²) in [6.45, 7) is 2.49. The quantitative estimate of drug-likeness (QED) is 0.719. The lowest BCUT2D eigenvalue weighted by atomic mass is 10.0. The molecule has 0 fully saturated rings. The Morgan fingerprint density at radius 2 is 2.27 bits per heavy atom.